The molecular weight excluding hydrogens is 262 g/mol. The van der Waals surface area contributed by atoms with Crippen LogP contribution in [0, 0.1) is 13.8 Å². The maximum atomic E-state index is 3.75. The molecule has 1 aromatic heterocycles. The van der Waals surface area contributed by atoms with Gasteiger partial charge in [0.15, 0.2) is 0 Å². The molecule has 2 rings (SSSR count). The van der Waals surface area contributed by atoms with Crippen LogP contribution in [-0.2, 0) is 0 Å². The van der Waals surface area contributed by atoms with Crippen LogP contribution in [0.15, 0.2) is 36.4 Å². The number of hydrogen-bond acceptors (Lipinski definition) is 2. The van der Waals surface area contributed by atoms with Gasteiger partial charge in [0.2, 0.25) is 0 Å². The lowest BCUT2D eigenvalue weighted by molar-refractivity contribution is 0.471. The van der Waals surface area contributed by atoms with Crippen LogP contribution in [0.25, 0.3) is 0 Å². The summed E-state index contributed by atoms with van der Waals surface area (Å²) in [5.41, 5.74) is 2.83. The molecule has 0 aliphatic carbocycles. The fourth-order valence-electron chi connectivity index (χ4n) is 2.71. The van der Waals surface area contributed by atoms with Gasteiger partial charge in [-0.25, -0.2) is 0 Å². The molecule has 2 heteroatoms. The van der Waals surface area contributed by atoms with E-state index in [1.54, 1.807) is 0 Å². The third-order valence-electron chi connectivity index (χ3n) is 3.80. The Balaban J connectivity index is 2.30. The van der Waals surface area contributed by atoms with Gasteiger partial charge in [-0.05, 0) is 44.0 Å². The molecule has 1 nitrogen and oxygen atoms in total. The standard InChI is InChI=1S/C18H25NS/c1-5-11-19-17(18-13(2)12-14(3)20-18)15(4)16-9-7-6-8-10-16/h6-10,12,15,17,19H,5,11H2,1-4H3. The lowest BCUT2D eigenvalue weighted by Crippen LogP contribution is -2.26. The molecule has 1 aromatic carbocycles. The van der Waals surface area contributed by atoms with Gasteiger partial charge in [-0.15, -0.1) is 11.3 Å². The van der Waals surface area contributed by atoms with Crippen molar-refractivity contribution in [2.24, 2.45) is 0 Å². The quantitative estimate of drug-likeness (QED) is 0.769. The third-order valence-corrected chi connectivity index (χ3v) is 5.04. The van der Waals surface area contributed by atoms with Gasteiger partial charge in [-0.3, -0.25) is 0 Å². The number of aryl methyl sites for hydroxylation is 2. The van der Waals surface area contributed by atoms with E-state index < -0.39 is 0 Å². The second kappa shape index (κ2) is 7.05. The normalized spacial score (nSPS) is 14.2. The van der Waals surface area contributed by atoms with Crippen molar-refractivity contribution in [3.63, 3.8) is 0 Å². The van der Waals surface area contributed by atoms with Gasteiger partial charge >= 0.3 is 0 Å². The number of rotatable bonds is 6. The second-order valence-corrected chi connectivity index (χ2v) is 6.82. The predicted molar refractivity (Wildman–Crippen MR) is 89.7 cm³/mol. The Labute approximate surface area is 127 Å². The molecule has 2 aromatic rings. The summed E-state index contributed by atoms with van der Waals surface area (Å²) >= 11 is 1.93. The summed E-state index contributed by atoms with van der Waals surface area (Å²) in [5, 5.41) is 3.75. The van der Waals surface area contributed by atoms with E-state index in [1.165, 1.54) is 27.3 Å². The molecule has 0 aliphatic rings. The van der Waals surface area contributed by atoms with Gasteiger partial charge in [0, 0.05) is 21.7 Å². The van der Waals surface area contributed by atoms with Gasteiger partial charge in [0.1, 0.15) is 0 Å². The van der Waals surface area contributed by atoms with E-state index in [-0.39, 0.29) is 0 Å². The molecule has 1 N–H and O–H groups in total. The Kier molecular flexibility index (Phi) is 5.38. The molecule has 0 amide bonds. The molecule has 0 bridgehead atoms. The van der Waals surface area contributed by atoms with Crippen LogP contribution in [0.5, 0.6) is 0 Å². The van der Waals surface area contributed by atoms with Gasteiger partial charge < -0.3 is 5.32 Å². The molecule has 20 heavy (non-hydrogen) atoms. The maximum Gasteiger partial charge on any atom is 0.0484 e. The summed E-state index contributed by atoms with van der Waals surface area (Å²) in [6.07, 6.45) is 1.17. The van der Waals surface area contributed by atoms with Crippen LogP contribution in [0.3, 0.4) is 0 Å². The number of thiophene rings is 1. The van der Waals surface area contributed by atoms with Crippen LogP contribution < -0.4 is 5.32 Å². The summed E-state index contributed by atoms with van der Waals surface area (Å²) in [7, 11) is 0. The van der Waals surface area contributed by atoms with E-state index in [0.717, 1.165) is 6.54 Å². The highest BCUT2D eigenvalue weighted by atomic mass is 32.1. The van der Waals surface area contributed by atoms with Crippen LogP contribution >= 0.6 is 11.3 Å². The fourth-order valence-corrected chi connectivity index (χ4v) is 3.93. The molecule has 0 aliphatic heterocycles. The molecule has 1 heterocycles. The molecule has 2 atom stereocenters. The van der Waals surface area contributed by atoms with Crippen molar-refractivity contribution < 1.29 is 0 Å². The molecule has 2 unspecified atom stereocenters. The SMILES string of the molecule is CCCNC(c1sc(C)cc1C)C(C)c1ccccc1. The molecule has 108 valence electrons. The summed E-state index contributed by atoms with van der Waals surface area (Å²) in [6.45, 7) is 10.1. The largest absolute Gasteiger partial charge is 0.309 e. The minimum atomic E-state index is 0.413. The second-order valence-electron chi connectivity index (χ2n) is 5.54. The lowest BCUT2D eigenvalue weighted by atomic mass is 9.91. The van der Waals surface area contributed by atoms with Crippen LogP contribution in [0.2, 0.25) is 0 Å². The Morgan fingerprint density at radius 2 is 1.85 bits per heavy atom. The average Bonchev–Trinajstić information content (AvgIpc) is 2.79. The van der Waals surface area contributed by atoms with Crippen LogP contribution in [-0.4, -0.2) is 6.54 Å². The van der Waals surface area contributed by atoms with Gasteiger partial charge in [0.25, 0.3) is 0 Å². The first-order valence-corrected chi connectivity index (χ1v) is 8.30. The Morgan fingerprint density at radius 3 is 2.40 bits per heavy atom. The van der Waals surface area contributed by atoms with Crippen molar-refractivity contribution >= 4 is 11.3 Å². The molecule has 0 saturated carbocycles. The van der Waals surface area contributed by atoms with Crippen molar-refractivity contribution in [2.45, 2.75) is 46.1 Å². The van der Waals surface area contributed by atoms with Crippen molar-refractivity contribution in [3.05, 3.63) is 57.3 Å². The minimum Gasteiger partial charge on any atom is -0.309 e. The van der Waals surface area contributed by atoms with Crippen molar-refractivity contribution in [1.29, 1.82) is 0 Å². The van der Waals surface area contributed by atoms with E-state index >= 15 is 0 Å². The Morgan fingerprint density at radius 1 is 1.15 bits per heavy atom. The van der Waals surface area contributed by atoms with Crippen LogP contribution in [0.1, 0.15) is 53.1 Å². The highest BCUT2D eigenvalue weighted by molar-refractivity contribution is 7.12. The van der Waals surface area contributed by atoms with E-state index in [1.807, 2.05) is 11.3 Å². The first-order valence-electron chi connectivity index (χ1n) is 7.48. The zero-order valence-corrected chi connectivity index (χ0v) is 13.8. The first kappa shape index (κ1) is 15.3. The predicted octanol–water partition coefficient (Wildman–Crippen LogP) is 5.21. The zero-order valence-electron chi connectivity index (χ0n) is 12.9. The highest BCUT2D eigenvalue weighted by Crippen LogP contribution is 2.36. The summed E-state index contributed by atoms with van der Waals surface area (Å²) in [6, 6.07) is 13.5. The van der Waals surface area contributed by atoms with E-state index in [2.05, 4.69) is 69.4 Å². The number of nitrogens with one attached hydrogen (secondary N) is 1. The molecule has 0 saturated heterocycles. The third kappa shape index (κ3) is 3.50. The zero-order chi connectivity index (χ0) is 14.5. The molecule has 0 spiro atoms. The van der Waals surface area contributed by atoms with E-state index in [9.17, 15) is 0 Å². The van der Waals surface area contributed by atoms with Crippen LogP contribution in [0.4, 0.5) is 0 Å². The highest BCUT2D eigenvalue weighted by Gasteiger charge is 2.23. The average molecular weight is 287 g/mol. The molecule has 0 radical (unpaired) electrons. The first-order chi connectivity index (χ1) is 9.63. The summed E-state index contributed by atoms with van der Waals surface area (Å²) in [5.74, 6) is 0.486. The summed E-state index contributed by atoms with van der Waals surface area (Å²) < 4.78 is 0. The number of hydrogen-bond donors (Lipinski definition) is 1. The molecular formula is C18H25NS. The van der Waals surface area contributed by atoms with Crippen molar-refractivity contribution in [3.8, 4) is 0 Å². The maximum absolute atomic E-state index is 3.75. The van der Waals surface area contributed by atoms with Gasteiger partial charge in [-0.2, -0.15) is 0 Å². The molecule has 0 fully saturated rings. The lowest BCUT2D eigenvalue weighted by Gasteiger charge is -2.25. The fraction of sp³-hybridized carbons (Fsp3) is 0.444. The van der Waals surface area contributed by atoms with Crippen molar-refractivity contribution in [2.75, 3.05) is 6.54 Å². The monoisotopic (exact) mass is 287 g/mol. The Hall–Kier alpha value is -1.12. The Bertz CT molecular complexity index is 530. The topological polar surface area (TPSA) is 12.0 Å². The number of benzene rings is 1. The minimum absolute atomic E-state index is 0.413. The van der Waals surface area contributed by atoms with E-state index in [4.69, 9.17) is 0 Å². The van der Waals surface area contributed by atoms with E-state index in [0.29, 0.717) is 12.0 Å². The summed E-state index contributed by atoms with van der Waals surface area (Å²) in [4.78, 5) is 2.90. The van der Waals surface area contributed by atoms with Gasteiger partial charge in [-0.1, -0.05) is 44.2 Å². The smallest absolute Gasteiger partial charge is 0.0484 e. The van der Waals surface area contributed by atoms with Crippen molar-refractivity contribution in [1.82, 2.24) is 5.32 Å². The van der Waals surface area contributed by atoms with Gasteiger partial charge in [0.05, 0.1) is 0 Å².